The molecule has 1 heterocycles. The molecule has 1 saturated heterocycles. The zero-order valence-electron chi connectivity index (χ0n) is 7.41. The second kappa shape index (κ2) is 4.03. The van der Waals surface area contributed by atoms with Crippen molar-refractivity contribution in [2.24, 2.45) is 0 Å². The Bertz CT molecular complexity index is 367. The molecule has 1 amide bonds. The van der Waals surface area contributed by atoms with Gasteiger partial charge in [0.1, 0.15) is 0 Å². The first-order valence-corrected chi connectivity index (χ1v) is 6.08. The molecule has 2 nitrogen and oxygen atoms in total. The molecular formula is C10H9Br2NO. The molecule has 0 spiro atoms. The Balaban J connectivity index is 2.32. The van der Waals surface area contributed by atoms with Crippen LogP contribution in [0.3, 0.4) is 0 Å². The molecule has 1 aromatic carbocycles. The predicted molar refractivity (Wildman–Crippen MR) is 63.8 cm³/mol. The fourth-order valence-corrected chi connectivity index (χ4v) is 2.63. The maximum Gasteiger partial charge on any atom is 0.228 e. The third kappa shape index (κ3) is 1.86. The van der Waals surface area contributed by atoms with Crippen molar-refractivity contribution >= 4 is 43.5 Å². The molecule has 0 aliphatic carbocycles. The number of carbonyl (C=O) groups excluding carboxylic acids is 1. The number of alkyl halides is 1. The van der Waals surface area contributed by atoms with Crippen LogP contribution in [0.1, 0.15) is 6.42 Å². The number of hydrogen-bond acceptors (Lipinski definition) is 1. The molecule has 14 heavy (non-hydrogen) atoms. The van der Waals surface area contributed by atoms with Gasteiger partial charge in [-0.3, -0.25) is 4.79 Å². The molecule has 0 saturated carbocycles. The van der Waals surface area contributed by atoms with E-state index in [1.165, 1.54) is 0 Å². The first-order chi connectivity index (χ1) is 6.68. The first kappa shape index (κ1) is 10.2. The topological polar surface area (TPSA) is 20.3 Å². The van der Waals surface area contributed by atoms with Crippen molar-refractivity contribution < 1.29 is 4.79 Å². The van der Waals surface area contributed by atoms with Gasteiger partial charge in [0, 0.05) is 22.3 Å². The van der Waals surface area contributed by atoms with Crippen molar-refractivity contribution in [1.29, 1.82) is 0 Å². The molecule has 1 aliphatic heterocycles. The quantitative estimate of drug-likeness (QED) is 0.729. The van der Waals surface area contributed by atoms with E-state index in [2.05, 4.69) is 31.9 Å². The van der Waals surface area contributed by atoms with Gasteiger partial charge in [0.25, 0.3) is 0 Å². The summed E-state index contributed by atoms with van der Waals surface area (Å²) in [5, 5.41) is 0. The number of rotatable bonds is 1. The molecule has 0 radical (unpaired) electrons. The van der Waals surface area contributed by atoms with Gasteiger partial charge in [-0.25, -0.2) is 0 Å². The van der Waals surface area contributed by atoms with Crippen LogP contribution in [0.15, 0.2) is 28.7 Å². The van der Waals surface area contributed by atoms with Crippen LogP contribution in [0, 0.1) is 0 Å². The summed E-state index contributed by atoms with van der Waals surface area (Å²) in [4.78, 5) is 13.7. The smallest absolute Gasteiger partial charge is 0.228 e. The highest BCUT2D eigenvalue weighted by atomic mass is 79.9. The predicted octanol–water partition coefficient (Wildman–Crippen LogP) is 2.95. The third-order valence-electron chi connectivity index (χ3n) is 2.22. The minimum atomic E-state index is 0.179. The second-order valence-corrected chi connectivity index (χ2v) is 5.41. The Kier molecular flexibility index (Phi) is 2.93. The molecule has 4 heteroatoms. The molecule has 1 aliphatic rings. The van der Waals surface area contributed by atoms with Crippen LogP contribution in [-0.4, -0.2) is 17.3 Å². The van der Waals surface area contributed by atoms with E-state index in [9.17, 15) is 4.79 Å². The minimum Gasteiger partial charge on any atom is -0.310 e. The van der Waals surface area contributed by atoms with Crippen LogP contribution >= 0.6 is 31.9 Å². The van der Waals surface area contributed by atoms with Gasteiger partial charge in [0.15, 0.2) is 0 Å². The monoisotopic (exact) mass is 317 g/mol. The number of benzene rings is 1. The molecule has 0 bridgehead atoms. The van der Waals surface area contributed by atoms with Gasteiger partial charge in [-0.05, 0) is 28.1 Å². The van der Waals surface area contributed by atoms with Crippen molar-refractivity contribution in [3.05, 3.63) is 28.7 Å². The first-order valence-electron chi connectivity index (χ1n) is 4.37. The van der Waals surface area contributed by atoms with Crippen molar-refractivity contribution in [2.45, 2.75) is 11.2 Å². The number of para-hydroxylation sites is 1. The molecule has 1 aromatic rings. The van der Waals surface area contributed by atoms with E-state index in [1.807, 2.05) is 29.2 Å². The third-order valence-corrected chi connectivity index (χ3v) is 3.50. The summed E-state index contributed by atoms with van der Waals surface area (Å²) in [6, 6.07) is 7.78. The molecule has 74 valence electrons. The molecule has 2 rings (SSSR count). The Morgan fingerprint density at radius 2 is 2.07 bits per heavy atom. The molecule has 1 unspecified atom stereocenters. The van der Waals surface area contributed by atoms with E-state index in [4.69, 9.17) is 0 Å². The summed E-state index contributed by atoms with van der Waals surface area (Å²) in [6.45, 7) is 0.751. The zero-order chi connectivity index (χ0) is 10.1. The number of nitrogens with zero attached hydrogens (tertiary/aromatic N) is 1. The highest BCUT2D eigenvalue weighted by Gasteiger charge is 2.29. The minimum absolute atomic E-state index is 0.179. The lowest BCUT2D eigenvalue weighted by atomic mass is 10.3. The SMILES string of the molecule is O=C1CC(Br)CN1c1ccccc1Br. The Morgan fingerprint density at radius 1 is 1.36 bits per heavy atom. The largest absolute Gasteiger partial charge is 0.310 e. The Morgan fingerprint density at radius 3 is 2.64 bits per heavy atom. The van der Waals surface area contributed by atoms with Crippen LogP contribution in [-0.2, 0) is 4.79 Å². The van der Waals surface area contributed by atoms with Crippen LogP contribution in [0.25, 0.3) is 0 Å². The number of amides is 1. The van der Waals surface area contributed by atoms with Crippen LogP contribution in [0.5, 0.6) is 0 Å². The van der Waals surface area contributed by atoms with E-state index < -0.39 is 0 Å². The van der Waals surface area contributed by atoms with E-state index in [0.29, 0.717) is 6.42 Å². The summed E-state index contributed by atoms with van der Waals surface area (Å²) >= 11 is 6.91. The lowest BCUT2D eigenvalue weighted by Gasteiger charge is -2.17. The summed E-state index contributed by atoms with van der Waals surface area (Å²) in [7, 11) is 0. The van der Waals surface area contributed by atoms with Crippen LogP contribution in [0.4, 0.5) is 5.69 Å². The molecule has 0 N–H and O–H groups in total. The lowest BCUT2D eigenvalue weighted by Crippen LogP contribution is -2.24. The van der Waals surface area contributed by atoms with Gasteiger partial charge in [-0.2, -0.15) is 0 Å². The maximum atomic E-state index is 11.6. The second-order valence-electron chi connectivity index (χ2n) is 3.26. The summed E-state index contributed by atoms with van der Waals surface area (Å²) in [6.07, 6.45) is 0.585. The number of hydrogen-bond donors (Lipinski definition) is 0. The van der Waals surface area contributed by atoms with Crippen LogP contribution < -0.4 is 4.90 Å². The van der Waals surface area contributed by atoms with Crippen molar-refractivity contribution in [2.75, 3.05) is 11.4 Å². The van der Waals surface area contributed by atoms with Crippen LogP contribution in [0.2, 0.25) is 0 Å². The summed E-state index contributed by atoms with van der Waals surface area (Å²) in [5.74, 6) is 0.179. The number of halogens is 2. The van der Waals surface area contributed by atoms with Crippen molar-refractivity contribution in [1.82, 2.24) is 0 Å². The average Bonchev–Trinajstić information content (AvgIpc) is 2.46. The zero-order valence-corrected chi connectivity index (χ0v) is 10.6. The average molecular weight is 319 g/mol. The summed E-state index contributed by atoms with van der Waals surface area (Å²) in [5.41, 5.74) is 0.958. The van der Waals surface area contributed by atoms with Gasteiger partial charge < -0.3 is 4.90 Å². The molecular weight excluding hydrogens is 310 g/mol. The number of carbonyl (C=O) groups is 1. The van der Waals surface area contributed by atoms with E-state index in [1.54, 1.807) is 0 Å². The highest BCUT2D eigenvalue weighted by molar-refractivity contribution is 9.10. The van der Waals surface area contributed by atoms with E-state index in [-0.39, 0.29) is 10.7 Å². The normalized spacial score (nSPS) is 21.7. The van der Waals surface area contributed by atoms with E-state index >= 15 is 0 Å². The van der Waals surface area contributed by atoms with Gasteiger partial charge in [-0.15, -0.1) is 0 Å². The molecule has 0 aromatic heterocycles. The van der Waals surface area contributed by atoms with Gasteiger partial charge >= 0.3 is 0 Å². The highest BCUT2D eigenvalue weighted by Crippen LogP contribution is 2.30. The maximum absolute atomic E-state index is 11.6. The Labute approximate surface area is 99.5 Å². The Hall–Kier alpha value is -0.350. The van der Waals surface area contributed by atoms with Gasteiger partial charge in [0.05, 0.1) is 5.69 Å². The van der Waals surface area contributed by atoms with Crippen molar-refractivity contribution in [3.8, 4) is 0 Å². The van der Waals surface area contributed by atoms with Crippen molar-refractivity contribution in [3.63, 3.8) is 0 Å². The lowest BCUT2D eigenvalue weighted by molar-refractivity contribution is -0.117. The fourth-order valence-electron chi connectivity index (χ4n) is 1.57. The van der Waals surface area contributed by atoms with Gasteiger partial charge in [-0.1, -0.05) is 28.1 Å². The van der Waals surface area contributed by atoms with Gasteiger partial charge in [0.2, 0.25) is 5.91 Å². The summed E-state index contributed by atoms with van der Waals surface area (Å²) < 4.78 is 0.968. The fraction of sp³-hybridized carbons (Fsp3) is 0.300. The standard InChI is InChI=1S/C10H9Br2NO/c11-7-5-10(14)13(6-7)9-4-2-1-3-8(9)12/h1-4,7H,5-6H2. The molecule has 1 fully saturated rings. The molecule has 1 atom stereocenters. The number of anilines is 1. The van der Waals surface area contributed by atoms with E-state index in [0.717, 1.165) is 16.7 Å².